The van der Waals surface area contributed by atoms with Gasteiger partial charge in [-0.05, 0) is 38.4 Å². The van der Waals surface area contributed by atoms with Gasteiger partial charge in [0, 0.05) is 51.2 Å². The highest BCUT2D eigenvalue weighted by Crippen LogP contribution is 2.24. The first kappa shape index (κ1) is 18.4. The Morgan fingerprint density at radius 3 is 2.88 bits per heavy atom. The molecule has 25 heavy (non-hydrogen) atoms. The van der Waals surface area contributed by atoms with Crippen molar-refractivity contribution < 1.29 is 4.79 Å². The van der Waals surface area contributed by atoms with Gasteiger partial charge in [-0.1, -0.05) is 30.3 Å². The number of hydrogen-bond donors (Lipinski definition) is 2. The average Bonchev–Trinajstić information content (AvgIpc) is 3.13. The highest BCUT2D eigenvalue weighted by molar-refractivity contribution is 5.76. The van der Waals surface area contributed by atoms with Crippen LogP contribution in [0.5, 0.6) is 0 Å². The van der Waals surface area contributed by atoms with Gasteiger partial charge < -0.3 is 15.5 Å². The molecule has 2 heterocycles. The van der Waals surface area contributed by atoms with E-state index < -0.39 is 0 Å². The highest BCUT2D eigenvalue weighted by atomic mass is 16.1. The molecule has 3 rings (SSSR count). The van der Waals surface area contributed by atoms with Crippen molar-refractivity contribution in [3.05, 3.63) is 35.9 Å². The fourth-order valence-electron chi connectivity index (χ4n) is 3.95. The molecule has 138 valence electrons. The van der Waals surface area contributed by atoms with E-state index in [4.69, 9.17) is 0 Å². The molecule has 2 fully saturated rings. The van der Waals surface area contributed by atoms with E-state index in [9.17, 15) is 4.79 Å². The standard InChI is InChI=1S/C20H32N4O/c1-23-13-14-24(19(16-23)17-7-3-2-4-8-17)12-6-11-22-20(25)15-18-9-5-10-21-18/h2-4,7-8,18-19,21H,5-6,9-16H2,1H3,(H,22,25). The van der Waals surface area contributed by atoms with Crippen LogP contribution in [0.3, 0.4) is 0 Å². The number of nitrogens with zero attached hydrogens (tertiary/aromatic N) is 2. The largest absolute Gasteiger partial charge is 0.356 e. The second kappa shape index (κ2) is 9.32. The van der Waals surface area contributed by atoms with Crippen LogP contribution in [0.25, 0.3) is 0 Å². The summed E-state index contributed by atoms with van der Waals surface area (Å²) >= 11 is 0. The van der Waals surface area contributed by atoms with Gasteiger partial charge in [0.25, 0.3) is 0 Å². The molecule has 0 bridgehead atoms. The van der Waals surface area contributed by atoms with Crippen molar-refractivity contribution in [2.24, 2.45) is 0 Å². The minimum absolute atomic E-state index is 0.192. The Bertz CT molecular complexity index is 530. The third kappa shape index (κ3) is 5.53. The quantitative estimate of drug-likeness (QED) is 0.738. The molecular formula is C20H32N4O. The lowest BCUT2D eigenvalue weighted by Crippen LogP contribution is -2.47. The first-order valence-corrected chi connectivity index (χ1v) is 9.70. The van der Waals surface area contributed by atoms with E-state index in [0.29, 0.717) is 18.5 Å². The van der Waals surface area contributed by atoms with Crippen LogP contribution in [0.15, 0.2) is 30.3 Å². The van der Waals surface area contributed by atoms with E-state index in [1.54, 1.807) is 0 Å². The van der Waals surface area contributed by atoms with Crippen molar-refractivity contribution in [3.8, 4) is 0 Å². The van der Waals surface area contributed by atoms with Crippen LogP contribution in [0, 0.1) is 0 Å². The molecule has 2 aliphatic rings. The van der Waals surface area contributed by atoms with Gasteiger partial charge in [0.15, 0.2) is 0 Å². The molecule has 0 aromatic heterocycles. The van der Waals surface area contributed by atoms with Gasteiger partial charge in [-0.25, -0.2) is 0 Å². The zero-order valence-electron chi connectivity index (χ0n) is 15.4. The van der Waals surface area contributed by atoms with E-state index in [1.807, 2.05) is 0 Å². The van der Waals surface area contributed by atoms with Gasteiger partial charge in [0.2, 0.25) is 5.91 Å². The summed E-state index contributed by atoms with van der Waals surface area (Å²) in [5.41, 5.74) is 1.39. The maximum atomic E-state index is 12.0. The monoisotopic (exact) mass is 344 g/mol. The molecule has 1 amide bonds. The van der Waals surface area contributed by atoms with E-state index in [0.717, 1.165) is 52.1 Å². The first-order chi connectivity index (χ1) is 12.2. The Morgan fingerprint density at radius 1 is 1.28 bits per heavy atom. The number of piperazine rings is 1. The lowest BCUT2D eigenvalue weighted by molar-refractivity contribution is -0.121. The summed E-state index contributed by atoms with van der Waals surface area (Å²) in [6.07, 6.45) is 3.97. The fourth-order valence-corrected chi connectivity index (χ4v) is 3.95. The molecule has 0 radical (unpaired) electrons. The molecule has 2 unspecified atom stereocenters. The van der Waals surface area contributed by atoms with Gasteiger partial charge in [-0.15, -0.1) is 0 Å². The fraction of sp³-hybridized carbons (Fsp3) is 0.650. The van der Waals surface area contributed by atoms with Crippen LogP contribution in [-0.4, -0.2) is 68.1 Å². The van der Waals surface area contributed by atoms with Crippen LogP contribution in [-0.2, 0) is 4.79 Å². The van der Waals surface area contributed by atoms with Gasteiger partial charge >= 0.3 is 0 Å². The number of rotatable bonds is 7. The maximum absolute atomic E-state index is 12.0. The summed E-state index contributed by atoms with van der Waals surface area (Å²) in [4.78, 5) is 17.0. The van der Waals surface area contributed by atoms with Gasteiger partial charge in [0.1, 0.15) is 0 Å². The summed E-state index contributed by atoms with van der Waals surface area (Å²) in [5.74, 6) is 0.192. The second-order valence-electron chi connectivity index (χ2n) is 7.43. The normalized spacial score (nSPS) is 25.2. The highest BCUT2D eigenvalue weighted by Gasteiger charge is 2.26. The SMILES string of the molecule is CN1CCN(CCCNC(=O)CC2CCCN2)C(c2ccccc2)C1. The maximum Gasteiger partial charge on any atom is 0.221 e. The molecule has 5 nitrogen and oxygen atoms in total. The third-order valence-electron chi connectivity index (χ3n) is 5.42. The van der Waals surface area contributed by atoms with Crippen molar-refractivity contribution in [1.29, 1.82) is 0 Å². The summed E-state index contributed by atoms with van der Waals surface area (Å²) in [6, 6.07) is 11.6. The lowest BCUT2D eigenvalue weighted by Gasteiger charge is -2.40. The molecule has 1 aromatic carbocycles. The minimum atomic E-state index is 0.192. The van der Waals surface area contributed by atoms with E-state index in [-0.39, 0.29) is 5.91 Å². The molecule has 2 saturated heterocycles. The molecule has 1 aromatic rings. The number of nitrogens with one attached hydrogen (secondary N) is 2. The van der Waals surface area contributed by atoms with Crippen molar-refractivity contribution in [2.45, 2.75) is 37.8 Å². The number of hydrogen-bond acceptors (Lipinski definition) is 4. The summed E-state index contributed by atoms with van der Waals surface area (Å²) < 4.78 is 0. The van der Waals surface area contributed by atoms with Crippen molar-refractivity contribution in [3.63, 3.8) is 0 Å². The number of likely N-dealkylation sites (N-methyl/N-ethyl adjacent to an activating group) is 1. The topological polar surface area (TPSA) is 47.6 Å². The van der Waals surface area contributed by atoms with Crippen molar-refractivity contribution in [2.75, 3.05) is 46.3 Å². The van der Waals surface area contributed by atoms with Gasteiger partial charge in [-0.3, -0.25) is 9.69 Å². The van der Waals surface area contributed by atoms with Crippen LogP contribution in [0.2, 0.25) is 0 Å². The van der Waals surface area contributed by atoms with Crippen molar-refractivity contribution in [1.82, 2.24) is 20.4 Å². The number of carbonyl (C=O) groups is 1. The zero-order chi connectivity index (χ0) is 17.5. The van der Waals surface area contributed by atoms with Crippen LogP contribution < -0.4 is 10.6 Å². The zero-order valence-corrected chi connectivity index (χ0v) is 15.4. The molecule has 2 N–H and O–H groups in total. The van der Waals surface area contributed by atoms with Gasteiger partial charge in [0.05, 0.1) is 0 Å². The predicted octanol–water partition coefficient (Wildman–Crippen LogP) is 1.62. The summed E-state index contributed by atoms with van der Waals surface area (Å²) in [5, 5.41) is 6.48. The average molecular weight is 345 g/mol. The molecule has 0 saturated carbocycles. The number of carbonyl (C=O) groups excluding carboxylic acids is 1. The molecule has 2 aliphatic heterocycles. The number of benzene rings is 1. The van der Waals surface area contributed by atoms with E-state index in [1.165, 1.54) is 12.0 Å². The first-order valence-electron chi connectivity index (χ1n) is 9.70. The third-order valence-corrected chi connectivity index (χ3v) is 5.42. The second-order valence-corrected chi connectivity index (χ2v) is 7.43. The van der Waals surface area contributed by atoms with E-state index >= 15 is 0 Å². The predicted molar refractivity (Wildman–Crippen MR) is 102 cm³/mol. The number of amides is 1. The minimum Gasteiger partial charge on any atom is -0.356 e. The van der Waals surface area contributed by atoms with Crippen LogP contribution in [0.4, 0.5) is 0 Å². The van der Waals surface area contributed by atoms with Crippen LogP contribution >= 0.6 is 0 Å². The lowest BCUT2D eigenvalue weighted by atomic mass is 10.0. The Kier molecular flexibility index (Phi) is 6.84. The Balaban J connectivity index is 1.42. The Morgan fingerprint density at radius 2 is 2.12 bits per heavy atom. The molecule has 5 heteroatoms. The van der Waals surface area contributed by atoms with Crippen molar-refractivity contribution >= 4 is 5.91 Å². The summed E-state index contributed by atoms with van der Waals surface area (Å²) in [7, 11) is 2.20. The smallest absolute Gasteiger partial charge is 0.221 e. The summed E-state index contributed by atoms with van der Waals surface area (Å²) in [6.45, 7) is 6.15. The molecule has 0 aliphatic carbocycles. The Labute approximate surface area is 151 Å². The van der Waals surface area contributed by atoms with E-state index in [2.05, 4.69) is 57.8 Å². The van der Waals surface area contributed by atoms with Gasteiger partial charge in [-0.2, -0.15) is 0 Å². The Hall–Kier alpha value is -1.43. The van der Waals surface area contributed by atoms with Crippen LogP contribution in [0.1, 0.15) is 37.3 Å². The molecular weight excluding hydrogens is 312 g/mol. The molecule has 2 atom stereocenters. The molecule has 0 spiro atoms.